The predicted molar refractivity (Wildman–Crippen MR) is 82.6 cm³/mol. The van der Waals surface area contributed by atoms with E-state index in [0.717, 1.165) is 15.6 Å². The quantitative estimate of drug-likeness (QED) is 0.739. The zero-order valence-electron chi connectivity index (χ0n) is 12.4. The molecule has 1 atom stereocenters. The number of nitrogens with zero attached hydrogens (tertiary/aromatic N) is 1. The van der Waals surface area contributed by atoms with Gasteiger partial charge in [0.15, 0.2) is 0 Å². The standard InChI is InChI=1S/C13H22N2O4S2/c1-10(2)7-11(16)8-14-12(17)9-15(3)21(18,19)13-5-4-6-20-13/h4-6,10-11,16H,7-9H2,1-3H3,(H,14,17). The number of likely N-dealkylation sites (N-methyl/N-ethyl adjacent to an activating group) is 1. The lowest BCUT2D eigenvalue weighted by molar-refractivity contribution is -0.121. The van der Waals surface area contributed by atoms with Crippen LogP contribution in [0.4, 0.5) is 0 Å². The van der Waals surface area contributed by atoms with Crippen molar-refractivity contribution < 1.29 is 18.3 Å². The van der Waals surface area contributed by atoms with E-state index in [4.69, 9.17) is 0 Å². The Balaban J connectivity index is 2.48. The van der Waals surface area contributed by atoms with E-state index in [2.05, 4.69) is 5.32 Å². The van der Waals surface area contributed by atoms with Crippen LogP contribution in [0.15, 0.2) is 21.7 Å². The van der Waals surface area contributed by atoms with Crippen LogP contribution in [0.5, 0.6) is 0 Å². The van der Waals surface area contributed by atoms with E-state index in [0.29, 0.717) is 12.3 Å². The predicted octanol–water partition coefficient (Wildman–Crippen LogP) is 0.892. The third kappa shape index (κ3) is 5.74. The van der Waals surface area contributed by atoms with Crippen LogP contribution in [0.25, 0.3) is 0 Å². The number of rotatable bonds is 8. The third-order valence-corrected chi connectivity index (χ3v) is 5.98. The fourth-order valence-corrected chi connectivity index (χ4v) is 4.09. The molecule has 1 aromatic rings. The normalized spacial score (nSPS) is 13.6. The molecule has 1 aromatic heterocycles. The van der Waals surface area contributed by atoms with E-state index in [1.807, 2.05) is 13.8 Å². The molecule has 1 unspecified atom stereocenters. The molecule has 0 saturated heterocycles. The number of hydrogen-bond donors (Lipinski definition) is 2. The molecule has 1 amide bonds. The first kappa shape index (κ1) is 18.1. The van der Waals surface area contributed by atoms with E-state index in [-0.39, 0.29) is 17.3 Å². The lowest BCUT2D eigenvalue weighted by Crippen LogP contribution is -2.41. The van der Waals surface area contributed by atoms with E-state index in [1.54, 1.807) is 11.4 Å². The Morgan fingerprint density at radius 2 is 2.14 bits per heavy atom. The summed E-state index contributed by atoms with van der Waals surface area (Å²) in [7, 11) is -2.26. The zero-order chi connectivity index (χ0) is 16.0. The monoisotopic (exact) mass is 334 g/mol. The average molecular weight is 334 g/mol. The van der Waals surface area contributed by atoms with Gasteiger partial charge in [0.2, 0.25) is 5.91 Å². The van der Waals surface area contributed by atoms with Gasteiger partial charge >= 0.3 is 0 Å². The summed E-state index contributed by atoms with van der Waals surface area (Å²) in [4.78, 5) is 11.7. The van der Waals surface area contributed by atoms with Gasteiger partial charge < -0.3 is 10.4 Å². The van der Waals surface area contributed by atoms with Gasteiger partial charge in [0.25, 0.3) is 10.0 Å². The van der Waals surface area contributed by atoms with Gasteiger partial charge in [-0.2, -0.15) is 4.31 Å². The third-order valence-electron chi connectivity index (χ3n) is 2.80. The van der Waals surface area contributed by atoms with E-state index in [1.165, 1.54) is 13.1 Å². The SMILES string of the molecule is CC(C)CC(O)CNC(=O)CN(C)S(=O)(=O)c1cccs1. The molecule has 0 fully saturated rings. The van der Waals surface area contributed by atoms with Gasteiger partial charge in [-0.3, -0.25) is 4.79 Å². The maximum absolute atomic E-state index is 12.1. The van der Waals surface area contributed by atoms with Crippen LogP contribution in [0, 0.1) is 5.92 Å². The van der Waals surface area contributed by atoms with Crippen LogP contribution in [-0.4, -0.2) is 50.0 Å². The van der Waals surface area contributed by atoms with E-state index in [9.17, 15) is 18.3 Å². The molecule has 0 spiro atoms. The summed E-state index contributed by atoms with van der Waals surface area (Å²) in [6, 6.07) is 3.15. The van der Waals surface area contributed by atoms with Gasteiger partial charge in [-0.1, -0.05) is 19.9 Å². The summed E-state index contributed by atoms with van der Waals surface area (Å²) >= 11 is 1.11. The van der Waals surface area contributed by atoms with Crippen molar-refractivity contribution >= 4 is 27.3 Å². The van der Waals surface area contributed by atoms with Crippen LogP contribution in [0.2, 0.25) is 0 Å². The van der Waals surface area contributed by atoms with Gasteiger partial charge in [0.1, 0.15) is 4.21 Å². The Kier molecular flexibility index (Phi) is 6.79. The average Bonchev–Trinajstić information content (AvgIpc) is 2.89. The minimum atomic E-state index is -3.62. The maximum atomic E-state index is 12.1. The van der Waals surface area contributed by atoms with Gasteiger partial charge in [-0.15, -0.1) is 11.3 Å². The molecule has 120 valence electrons. The first-order valence-electron chi connectivity index (χ1n) is 6.68. The Morgan fingerprint density at radius 1 is 1.48 bits per heavy atom. The molecule has 0 aliphatic carbocycles. The van der Waals surface area contributed by atoms with Crippen molar-refractivity contribution in [3.63, 3.8) is 0 Å². The molecule has 8 heteroatoms. The highest BCUT2D eigenvalue weighted by molar-refractivity contribution is 7.91. The molecular weight excluding hydrogens is 312 g/mol. The highest BCUT2D eigenvalue weighted by Gasteiger charge is 2.23. The summed E-state index contributed by atoms with van der Waals surface area (Å²) < 4.78 is 25.4. The first-order chi connectivity index (χ1) is 9.73. The van der Waals surface area contributed by atoms with Crippen LogP contribution in [0.3, 0.4) is 0 Å². The number of aliphatic hydroxyl groups is 1. The number of carbonyl (C=O) groups is 1. The minimum Gasteiger partial charge on any atom is -0.391 e. The number of sulfonamides is 1. The zero-order valence-corrected chi connectivity index (χ0v) is 14.1. The number of amides is 1. The molecule has 0 radical (unpaired) electrons. The molecule has 1 rings (SSSR count). The highest BCUT2D eigenvalue weighted by Crippen LogP contribution is 2.19. The molecule has 0 aliphatic rings. The van der Waals surface area contributed by atoms with Crippen LogP contribution in [-0.2, 0) is 14.8 Å². The second kappa shape index (κ2) is 7.88. The summed E-state index contributed by atoms with van der Waals surface area (Å²) in [5, 5.41) is 13.9. The van der Waals surface area contributed by atoms with Crippen molar-refractivity contribution in [2.45, 2.75) is 30.6 Å². The number of carbonyl (C=O) groups excluding carboxylic acids is 1. The fraction of sp³-hybridized carbons (Fsp3) is 0.615. The molecule has 0 bridgehead atoms. The molecular formula is C13H22N2O4S2. The summed E-state index contributed by atoms with van der Waals surface area (Å²) in [5.41, 5.74) is 0. The number of thiophene rings is 1. The fourth-order valence-electron chi connectivity index (χ4n) is 1.77. The van der Waals surface area contributed by atoms with Gasteiger partial charge in [-0.25, -0.2) is 8.42 Å². The van der Waals surface area contributed by atoms with Crippen LogP contribution in [0.1, 0.15) is 20.3 Å². The molecule has 0 aliphatic heterocycles. The Bertz CT molecular complexity index is 541. The van der Waals surface area contributed by atoms with E-state index < -0.39 is 22.0 Å². The topological polar surface area (TPSA) is 86.7 Å². The minimum absolute atomic E-state index is 0.129. The van der Waals surface area contributed by atoms with Crippen molar-refractivity contribution in [3.05, 3.63) is 17.5 Å². The van der Waals surface area contributed by atoms with Crippen molar-refractivity contribution in [2.24, 2.45) is 5.92 Å². The van der Waals surface area contributed by atoms with Crippen molar-refractivity contribution in [1.29, 1.82) is 0 Å². The molecule has 0 saturated carbocycles. The van der Waals surface area contributed by atoms with Gasteiger partial charge in [0.05, 0.1) is 12.6 Å². The van der Waals surface area contributed by atoms with Crippen molar-refractivity contribution in [2.75, 3.05) is 20.1 Å². The molecule has 21 heavy (non-hydrogen) atoms. The van der Waals surface area contributed by atoms with Crippen molar-refractivity contribution in [3.8, 4) is 0 Å². The first-order valence-corrected chi connectivity index (χ1v) is 9.00. The number of aliphatic hydroxyl groups excluding tert-OH is 1. The summed E-state index contributed by atoms with van der Waals surface area (Å²) in [5.74, 6) is -0.0979. The second-order valence-electron chi connectivity index (χ2n) is 5.28. The van der Waals surface area contributed by atoms with Gasteiger partial charge in [-0.05, 0) is 23.8 Å². The summed E-state index contributed by atoms with van der Waals surface area (Å²) in [6.45, 7) is 3.82. The lowest BCUT2D eigenvalue weighted by atomic mass is 10.1. The maximum Gasteiger partial charge on any atom is 0.252 e. The molecule has 1 heterocycles. The lowest BCUT2D eigenvalue weighted by Gasteiger charge is -2.17. The van der Waals surface area contributed by atoms with Gasteiger partial charge in [0, 0.05) is 13.6 Å². The van der Waals surface area contributed by atoms with Crippen molar-refractivity contribution in [1.82, 2.24) is 9.62 Å². The van der Waals surface area contributed by atoms with Crippen LogP contribution < -0.4 is 5.32 Å². The Morgan fingerprint density at radius 3 is 2.67 bits per heavy atom. The Labute approximate surface area is 129 Å². The van der Waals surface area contributed by atoms with Crippen LogP contribution >= 0.6 is 11.3 Å². The Hall–Kier alpha value is -0.960. The molecule has 6 nitrogen and oxygen atoms in total. The van der Waals surface area contributed by atoms with E-state index >= 15 is 0 Å². The highest BCUT2D eigenvalue weighted by atomic mass is 32.2. The number of nitrogens with one attached hydrogen (secondary N) is 1. The smallest absolute Gasteiger partial charge is 0.252 e. The second-order valence-corrected chi connectivity index (χ2v) is 8.50. The largest absolute Gasteiger partial charge is 0.391 e. The molecule has 2 N–H and O–H groups in total. The molecule has 0 aromatic carbocycles. The summed E-state index contributed by atoms with van der Waals surface area (Å²) in [6.07, 6.45) is -0.0305. The number of hydrogen-bond acceptors (Lipinski definition) is 5.